The first kappa shape index (κ1) is 9.55. The lowest BCUT2D eigenvalue weighted by Gasteiger charge is -2.00. The van der Waals surface area contributed by atoms with Gasteiger partial charge in [-0.3, -0.25) is 0 Å². The fourth-order valence-electron chi connectivity index (χ4n) is 0.996. The van der Waals surface area contributed by atoms with E-state index in [9.17, 15) is 0 Å². The van der Waals surface area contributed by atoms with Crippen molar-refractivity contribution < 1.29 is 5.11 Å². The van der Waals surface area contributed by atoms with Crippen molar-refractivity contribution in [3.05, 3.63) is 54.3 Å². The smallest absolute Gasteiger partial charge is 0.106 e. The summed E-state index contributed by atoms with van der Waals surface area (Å²) in [5.41, 5.74) is 6.99. The molecule has 0 saturated carbocycles. The predicted octanol–water partition coefficient (Wildman–Crippen LogP) is 2.10. The molecule has 2 heteroatoms. The van der Waals surface area contributed by atoms with E-state index in [-0.39, 0.29) is 12.3 Å². The minimum Gasteiger partial charge on any atom is -0.511 e. The van der Waals surface area contributed by atoms with E-state index in [1.165, 1.54) is 0 Å². The van der Waals surface area contributed by atoms with Crippen LogP contribution in [0.25, 0.3) is 5.57 Å². The first-order valence-corrected chi connectivity index (χ1v) is 4.08. The fourth-order valence-corrected chi connectivity index (χ4v) is 0.996. The fraction of sp³-hybridized carbons (Fsp3) is 0.0909. The van der Waals surface area contributed by atoms with Crippen molar-refractivity contribution >= 4 is 5.57 Å². The van der Waals surface area contributed by atoms with Crippen LogP contribution in [0.5, 0.6) is 0 Å². The number of benzene rings is 1. The van der Waals surface area contributed by atoms with E-state index in [0.29, 0.717) is 0 Å². The summed E-state index contributed by atoms with van der Waals surface area (Å²) in [6.07, 6.45) is 1.58. The zero-order chi connectivity index (χ0) is 9.68. The van der Waals surface area contributed by atoms with Gasteiger partial charge in [0.1, 0.15) is 5.76 Å². The molecule has 1 rings (SSSR count). The highest BCUT2D eigenvalue weighted by Gasteiger charge is 1.95. The van der Waals surface area contributed by atoms with E-state index >= 15 is 0 Å². The third-order valence-corrected chi connectivity index (χ3v) is 1.69. The monoisotopic (exact) mass is 175 g/mol. The van der Waals surface area contributed by atoms with Crippen molar-refractivity contribution in [2.45, 2.75) is 0 Å². The number of allylic oxidation sites excluding steroid dienone is 2. The van der Waals surface area contributed by atoms with Crippen molar-refractivity contribution in [1.82, 2.24) is 0 Å². The van der Waals surface area contributed by atoms with E-state index in [1.54, 1.807) is 6.08 Å². The molecule has 0 bridgehead atoms. The quantitative estimate of drug-likeness (QED) is 0.546. The molecule has 0 saturated heterocycles. The Morgan fingerprint density at radius 2 is 2.00 bits per heavy atom. The average Bonchev–Trinajstić information content (AvgIpc) is 2.19. The minimum atomic E-state index is 0.145. The number of aliphatic hydroxyl groups is 1. The third kappa shape index (κ3) is 2.76. The van der Waals surface area contributed by atoms with Crippen LogP contribution in [-0.2, 0) is 0 Å². The number of hydrogen-bond donors (Lipinski definition) is 2. The molecule has 2 nitrogen and oxygen atoms in total. The van der Waals surface area contributed by atoms with Crippen molar-refractivity contribution in [3.8, 4) is 0 Å². The van der Waals surface area contributed by atoms with Crippen LogP contribution >= 0.6 is 0 Å². The highest BCUT2D eigenvalue weighted by atomic mass is 16.3. The summed E-state index contributed by atoms with van der Waals surface area (Å²) >= 11 is 0. The summed E-state index contributed by atoms with van der Waals surface area (Å²) in [5.74, 6) is 0.147. The first-order chi connectivity index (χ1) is 6.24. The van der Waals surface area contributed by atoms with Gasteiger partial charge >= 0.3 is 0 Å². The van der Waals surface area contributed by atoms with E-state index in [0.717, 1.165) is 11.1 Å². The van der Waals surface area contributed by atoms with E-state index in [1.807, 2.05) is 30.3 Å². The molecule has 0 aliphatic heterocycles. The van der Waals surface area contributed by atoms with Gasteiger partial charge in [-0.2, -0.15) is 0 Å². The van der Waals surface area contributed by atoms with Gasteiger partial charge in [-0.1, -0.05) is 36.9 Å². The van der Waals surface area contributed by atoms with Crippen LogP contribution in [0.4, 0.5) is 0 Å². The van der Waals surface area contributed by atoms with Crippen LogP contribution in [0.2, 0.25) is 0 Å². The molecule has 1 aromatic rings. The SMILES string of the molecule is C=C(/C=C(\O)CN)c1ccccc1. The van der Waals surface area contributed by atoms with Crippen molar-refractivity contribution in [2.24, 2.45) is 5.73 Å². The zero-order valence-corrected chi connectivity index (χ0v) is 7.40. The topological polar surface area (TPSA) is 46.2 Å². The molecule has 0 radical (unpaired) electrons. The molecule has 0 heterocycles. The molecule has 68 valence electrons. The Kier molecular flexibility index (Phi) is 3.29. The zero-order valence-electron chi connectivity index (χ0n) is 7.40. The largest absolute Gasteiger partial charge is 0.511 e. The van der Waals surface area contributed by atoms with Crippen molar-refractivity contribution in [3.63, 3.8) is 0 Å². The van der Waals surface area contributed by atoms with Gasteiger partial charge in [-0.15, -0.1) is 0 Å². The van der Waals surface area contributed by atoms with Gasteiger partial charge in [0, 0.05) is 0 Å². The second kappa shape index (κ2) is 4.48. The molecule has 0 atom stereocenters. The van der Waals surface area contributed by atoms with Crippen LogP contribution in [0.15, 0.2) is 48.7 Å². The van der Waals surface area contributed by atoms with Crippen LogP contribution in [-0.4, -0.2) is 11.7 Å². The Balaban J connectivity index is 2.81. The van der Waals surface area contributed by atoms with Gasteiger partial charge in [-0.25, -0.2) is 0 Å². The predicted molar refractivity (Wildman–Crippen MR) is 55.2 cm³/mol. The van der Waals surface area contributed by atoms with Gasteiger partial charge in [0.15, 0.2) is 0 Å². The minimum absolute atomic E-state index is 0.145. The Labute approximate surface area is 78.0 Å². The lowest BCUT2D eigenvalue weighted by atomic mass is 10.1. The average molecular weight is 175 g/mol. The number of aliphatic hydroxyl groups excluding tert-OH is 1. The van der Waals surface area contributed by atoms with Crippen molar-refractivity contribution in [1.29, 1.82) is 0 Å². The highest BCUT2D eigenvalue weighted by Crippen LogP contribution is 2.13. The molecule has 13 heavy (non-hydrogen) atoms. The number of rotatable bonds is 3. The Hall–Kier alpha value is -1.54. The van der Waals surface area contributed by atoms with E-state index in [4.69, 9.17) is 10.8 Å². The molecule has 0 spiro atoms. The second-order valence-corrected chi connectivity index (χ2v) is 2.73. The summed E-state index contributed by atoms with van der Waals surface area (Å²) in [6.45, 7) is 3.97. The van der Waals surface area contributed by atoms with Gasteiger partial charge < -0.3 is 10.8 Å². The van der Waals surface area contributed by atoms with Crippen LogP contribution < -0.4 is 5.73 Å². The van der Waals surface area contributed by atoms with Crippen molar-refractivity contribution in [2.75, 3.05) is 6.54 Å². The normalized spacial score (nSPS) is 11.3. The van der Waals surface area contributed by atoms with Crippen LogP contribution in [0.3, 0.4) is 0 Å². The van der Waals surface area contributed by atoms with Gasteiger partial charge in [0.25, 0.3) is 0 Å². The molecule has 3 N–H and O–H groups in total. The van der Waals surface area contributed by atoms with Crippen LogP contribution in [0, 0.1) is 0 Å². The molecule has 0 aliphatic carbocycles. The number of hydrogen-bond acceptors (Lipinski definition) is 2. The molecule has 0 amide bonds. The number of nitrogens with two attached hydrogens (primary N) is 1. The first-order valence-electron chi connectivity index (χ1n) is 4.08. The Bertz CT molecular complexity index is 314. The summed E-state index contributed by atoms with van der Waals surface area (Å²) in [5, 5.41) is 9.16. The molecule has 0 unspecified atom stereocenters. The van der Waals surface area contributed by atoms with E-state index < -0.39 is 0 Å². The Morgan fingerprint density at radius 1 is 1.38 bits per heavy atom. The highest BCUT2D eigenvalue weighted by molar-refractivity contribution is 5.72. The summed E-state index contributed by atoms with van der Waals surface area (Å²) < 4.78 is 0. The Morgan fingerprint density at radius 3 is 2.54 bits per heavy atom. The van der Waals surface area contributed by atoms with Gasteiger partial charge in [-0.05, 0) is 17.2 Å². The van der Waals surface area contributed by atoms with E-state index in [2.05, 4.69) is 6.58 Å². The maximum Gasteiger partial charge on any atom is 0.106 e. The molecule has 0 aromatic heterocycles. The standard InChI is InChI=1S/C11H13NO/c1-9(7-11(13)8-12)10-5-3-2-4-6-10/h2-7,13H,1,8,12H2/b11-7-. The molecule has 1 aromatic carbocycles. The van der Waals surface area contributed by atoms with Gasteiger partial charge in [0.2, 0.25) is 0 Å². The molecule has 0 fully saturated rings. The van der Waals surface area contributed by atoms with Gasteiger partial charge in [0.05, 0.1) is 6.54 Å². The van der Waals surface area contributed by atoms with Crippen LogP contribution in [0.1, 0.15) is 5.56 Å². The molecule has 0 aliphatic rings. The maximum absolute atomic E-state index is 9.16. The third-order valence-electron chi connectivity index (χ3n) is 1.69. The maximum atomic E-state index is 9.16. The second-order valence-electron chi connectivity index (χ2n) is 2.73. The lowest BCUT2D eigenvalue weighted by molar-refractivity contribution is 0.404. The summed E-state index contributed by atoms with van der Waals surface area (Å²) in [6, 6.07) is 9.65. The molecular formula is C11H13NO. The molecular weight excluding hydrogens is 162 g/mol. The summed E-state index contributed by atoms with van der Waals surface area (Å²) in [4.78, 5) is 0. The lowest BCUT2D eigenvalue weighted by Crippen LogP contribution is -2.01. The summed E-state index contributed by atoms with van der Waals surface area (Å²) in [7, 11) is 0.